The fourth-order valence-corrected chi connectivity index (χ4v) is 4.99. The van der Waals surface area contributed by atoms with Gasteiger partial charge >= 0.3 is 5.97 Å². The van der Waals surface area contributed by atoms with Crippen molar-refractivity contribution in [3.05, 3.63) is 99.6 Å². The molecule has 40 heavy (non-hydrogen) atoms. The van der Waals surface area contributed by atoms with E-state index in [4.69, 9.17) is 37.2 Å². The summed E-state index contributed by atoms with van der Waals surface area (Å²) in [7, 11) is 1.28. The monoisotopic (exact) mass is 578 g/mol. The normalized spacial score (nSPS) is 12.9. The molecule has 2 aromatic heterocycles. The topological polar surface area (TPSA) is 83.7 Å². The van der Waals surface area contributed by atoms with Crippen molar-refractivity contribution in [3.63, 3.8) is 0 Å². The molecule has 0 amide bonds. The molecule has 0 spiro atoms. The summed E-state index contributed by atoms with van der Waals surface area (Å²) in [6, 6.07) is 16.5. The van der Waals surface area contributed by atoms with Crippen molar-refractivity contribution in [1.29, 1.82) is 0 Å². The highest BCUT2D eigenvalue weighted by Crippen LogP contribution is 2.46. The first-order chi connectivity index (χ1) is 19.4. The SMILES string of the molecule is COC(=O)c1ccc(Oc2ccc3cc(OCc4c(-c5c(Cl)cccc5Cl)noc4C4CC4)ccc3c2F)nc1. The highest BCUT2D eigenvalue weighted by Gasteiger charge is 2.33. The lowest BCUT2D eigenvalue weighted by atomic mass is 10.0. The molecule has 0 saturated heterocycles. The Morgan fingerprint density at radius 2 is 1.88 bits per heavy atom. The number of benzene rings is 3. The Morgan fingerprint density at radius 1 is 1.07 bits per heavy atom. The second-order valence-corrected chi connectivity index (χ2v) is 10.1. The van der Waals surface area contributed by atoms with E-state index in [9.17, 15) is 4.79 Å². The van der Waals surface area contributed by atoms with E-state index in [1.54, 1.807) is 42.5 Å². The highest BCUT2D eigenvalue weighted by molar-refractivity contribution is 6.39. The van der Waals surface area contributed by atoms with E-state index in [0.29, 0.717) is 37.8 Å². The maximum Gasteiger partial charge on any atom is 0.339 e. The molecule has 1 aliphatic rings. The summed E-state index contributed by atoms with van der Waals surface area (Å²) in [5, 5.41) is 6.20. The Kier molecular flexibility index (Phi) is 7.04. The van der Waals surface area contributed by atoms with Crippen molar-refractivity contribution in [1.82, 2.24) is 10.1 Å². The van der Waals surface area contributed by atoms with Gasteiger partial charge in [-0.2, -0.15) is 0 Å². The molecule has 202 valence electrons. The molecule has 1 saturated carbocycles. The second-order valence-electron chi connectivity index (χ2n) is 9.27. The number of pyridine rings is 1. The summed E-state index contributed by atoms with van der Waals surface area (Å²) in [5.41, 5.74) is 2.21. The van der Waals surface area contributed by atoms with Crippen LogP contribution in [-0.2, 0) is 11.3 Å². The lowest BCUT2D eigenvalue weighted by Gasteiger charge is -2.11. The fourth-order valence-electron chi connectivity index (χ4n) is 4.41. The molecule has 10 heteroatoms. The maximum atomic E-state index is 15.3. The number of aromatic nitrogens is 2. The number of esters is 1. The minimum absolute atomic E-state index is 0.000654. The first-order valence-corrected chi connectivity index (χ1v) is 13.2. The van der Waals surface area contributed by atoms with Crippen LogP contribution < -0.4 is 9.47 Å². The molecule has 0 N–H and O–H groups in total. The predicted molar refractivity (Wildman–Crippen MR) is 148 cm³/mol. The third kappa shape index (κ3) is 5.08. The van der Waals surface area contributed by atoms with Crippen molar-refractivity contribution < 1.29 is 27.9 Å². The number of hydrogen-bond acceptors (Lipinski definition) is 7. The number of nitrogens with zero attached hydrogens (tertiary/aromatic N) is 2. The number of halogens is 3. The van der Waals surface area contributed by atoms with Gasteiger partial charge in [0.25, 0.3) is 0 Å². The predicted octanol–water partition coefficient (Wildman–Crippen LogP) is 8.37. The van der Waals surface area contributed by atoms with Gasteiger partial charge in [-0.3, -0.25) is 0 Å². The standard InChI is InChI=1S/C30H21Cl2FN2O5/c1-37-30(36)18-8-12-25(34-14-18)39-24-11-7-17-13-19(9-10-20(17)27(24)33)38-15-21-28(35-40-29(21)16-5-6-16)26-22(31)3-2-4-23(26)32/h2-4,7-14,16H,5-6,15H2,1H3. The van der Waals surface area contributed by atoms with Crippen LogP contribution in [0.3, 0.4) is 0 Å². The van der Waals surface area contributed by atoms with E-state index in [1.807, 2.05) is 0 Å². The lowest BCUT2D eigenvalue weighted by molar-refractivity contribution is 0.0600. The minimum atomic E-state index is -0.548. The fraction of sp³-hybridized carbons (Fsp3) is 0.167. The second kappa shape index (κ2) is 10.8. The third-order valence-electron chi connectivity index (χ3n) is 6.61. The van der Waals surface area contributed by atoms with E-state index in [1.165, 1.54) is 31.5 Å². The molecule has 3 aromatic carbocycles. The number of carbonyl (C=O) groups is 1. The van der Waals surface area contributed by atoms with Crippen LogP contribution in [0, 0.1) is 5.82 Å². The minimum Gasteiger partial charge on any atom is -0.489 e. The molecule has 6 rings (SSSR count). The first kappa shape index (κ1) is 26.1. The number of rotatable bonds is 8. The summed E-state index contributed by atoms with van der Waals surface area (Å²) < 4.78 is 37.4. The number of ether oxygens (including phenoxy) is 3. The van der Waals surface area contributed by atoms with Gasteiger partial charge in [-0.05, 0) is 60.7 Å². The zero-order chi connectivity index (χ0) is 27.8. The quantitative estimate of drug-likeness (QED) is 0.171. The average Bonchev–Trinajstić information content (AvgIpc) is 3.73. The molecule has 2 heterocycles. The molecule has 0 radical (unpaired) electrons. The number of fused-ring (bicyclic) bond motifs is 1. The Bertz CT molecular complexity index is 1710. The molecule has 0 atom stereocenters. The summed E-state index contributed by atoms with van der Waals surface area (Å²) in [4.78, 5) is 15.6. The Labute approximate surface area is 238 Å². The van der Waals surface area contributed by atoms with Gasteiger partial charge in [0.05, 0.1) is 28.3 Å². The van der Waals surface area contributed by atoms with Crippen LogP contribution in [0.2, 0.25) is 10.0 Å². The van der Waals surface area contributed by atoms with Crippen LogP contribution >= 0.6 is 23.2 Å². The van der Waals surface area contributed by atoms with Crippen LogP contribution in [0.15, 0.2) is 71.4 Å². The molecule has 5 aromatic rings. The van der Waals surface area contributed by atoms with Gasteiger partial charge in [0.2, 0.25) is 5.88 Å². The van der Waals surface area contributed by atoms with Crippen LogP contribution in [0.4, 0.5) is 4.39 Å². The van der Waals surface area contributed by atoms with E-state index in [-0.39, 0.29) is 29.7 Å². The van der Waals surface area contributed by atoms with Gasteiger partial charge in [0, 0.05) is 29.1 Å². The molecular formula is C30H21Cl2FN2O5. The number of methoxy groups -OCH3 is 1. The van der Waals surface area contributed by atoms with E-state index >= 15 is 4.39 Å². The molecule has 0 unspecified atom stereocenters. The van der Waals surface area contributed by atoms with Crippen LogP contribution in [0.5, 0.6) is 17.4 Å². The van der Waals surface area contributed by atoms with Crippen molar-refractivity contribution in [2.45, 2.75) is 25.4 Å². The first-order valence-electron chi connectivity index (χ1n) is 12.4. The summed E-state index contributed by atoms with van der Waals surface area (Å²) >= 11 is 12.9. The van der Waals surface area contributed by atoms with Gasteiger partial charge in [-0.25, -0.2) is 14.2 Å². The number of carbonyl (C=O) groups excluding carboxylic acids is 1. The average molecular weight is 579 g/mol. The summed E-state index contributed by atoms with van der Waals surface area (Å²) in [6.07, 6.45) is 3.34. The molecule has 0 bridgehead atoms. The maximum absolute atomic E-state index is 15.3. The van der Waals surface area contributed by atoms with Crippen molar-refractivity contribution >= 4 is 39.9 Å². The molecule has 0 aliphatic heterocycles. The van der Waals surface area contributed by atoms with E-state index in [2.05, 4.69) is 14.9 Å². The van der Waals surface area contributed by atoms with Crippen LogP contribution in [-0.4, -0.2) is 23.2 Å². The smallest absolute Gasteiger partial charge is 0.339 e. The van der Waals surface area contributed by atoms with E-state index in [0.717, 1.165) is 24.2 Å². The number of hydrogen-bond donors (Lipinski definition) is 0. The van der Waals surface area contributed by atoms with Gasteiger partial charge < -0.3 is 18.7 Å². The van der Waals surface area contributed by atoms with Gasteiger partial charge in [-0.15, -0.1) is 0 Å². The Balaban J connectivity index is 1.23. The molecule has 7 nitrogen and oxygen atoms in total. The van der Waals surface area contributed by atoms with Gasteiger partial charge in [0.15, 0.2) is 11.6 Å². The largest absolute Gasteiger partial charge is 0.489 e. The summed E-state index contributed by atoms with van der Waals surface area (Å²) in [6.45, 7) is 0.175. The van der Waals surface area contributed by atoms with Gasteiger partial charge in [-0.1, -0.05) is 40.5 Å². The van der Waals surface area contributed by atoms with Gasteiger partial charge in [0.1, 0.15) is 23.8 Å². The zero-order valence-corrected chi connectivity index (χ0v) is 22.6. The molecular weight excluding hydrogens is 558 g/mol. The highest BCUT2D eigenvalue weighted by atomic mass is 35.5. The van der Waals surface area contributed by atoms with Crippen LogP contribution in [0.1, 0.15) is 40.4 Å². The molecule has 1 aliphatic carbocycles. The van der Waals surface area contributed by atoms with Crippen molar-refractivity contribution in [2.75, 3.05) is 7.11 Å². The molecule has 1 fully saturated rings. The Morgan fingerprint density at radius 3 is 2.58 bits per heavy atom. The zero-order valence-electron chi connectivity index (χ0n) is 21.1. The third-order valence-corrected chi connectivity index (χ3v) is 7.24. The lowest BCUT2D eigenvalue weighted by Crippen LogP contribution is -2.02. The van der Waals surface area contributed by atoms with E-state index < -0.39 is 11.8 Å². The van der Waals surface area contributed by atoms with Crippen molar-refractivity contribution in [3.8, 4) is 28.6 Å². The summed E-state index contributed by atoms with van der Waals surface area (Å²) in [5.74, 6) is 0.669. The van der Waals surface area contributed by atoms with Crippen molar-refractivity contribution in [2.24, 2.45) is 0 Å². The van der Waals surface area contributed by atoms with Crippen LogP contribution in [0.25, 0.3) is 22.0 Å². The Hall–Kier alpha value is -4.14.